The number of carbonyl (C=O) groups excluding carboxylic acids is 1. The highest BCUT2D eigenvalue weighted by molar-refractivity contribution is 5.94. The van der Waals surface area contributed by atoms with Crippen LogP contribution in [0.2, 0.25) is 0 Å². The van der Waals surface area contributed by atoms with Gasteiger partial charge in [0.05, 0.1) is 25.0 Å². The summed E-state index contributed by atoms with van der Waals surface area (Å²) in [4.78, 5) is 27.8. The number of hydrogen-bond acceptors (Lipinski definition) is 6. The normalized spacial score (nSPS) is 13.4. The van der Waals surface area contributed by atoms with Crippen molar-refractivity contribution in [3.8, 4) is 0 Å². The molecule has 0 unspecified atom stereocenters. The average Bonchev–Trinajstić information content (AvgIpc) is 3.41. The molecule has 0 aliphatic carbocycles. The number of carboxylic acids is 1. The highest BCUT2D eigenvalue weighted by Crippen LogP contribution is 2.18. The van der Waals surface area contributed by atoms with Crippen molar-refractivity contribution < 1.29 is 32.4 Å². The van der Waals surface area contributed by atoms with E-state index >= 15 is 0 Å². The van der Waals surface area contributed by atoms with Crippen molar-refractivity contribution in [3.63, 3.8) is 0 Å². The van der Waals surface area contributed by atoms with Gasteiger partial charge in [0.15, 0.2) is 0 Å². The Balaban J connectivity index is 0.000000318. The summed E-state index contributed by atoms with van der Waals surface area (Å²) in [5, 5.41) is 15.0. The Hall–Kier alpha value is -3.64. The molecule has 4 rings (SSSR count). The number of amides is 1. The van der Waals surface area contributed by atoms with E-state index in [1.807, 2.05) is 23.1 Å². The van der Waals surface area contributed by atoms with Crippen LogP contribution in [-0.2, 0) is 24.4 Å². The highest BCUT2D eigenvalue weighted by atomic mass is 19.4. The lowest BCUT2D eigenvalue weighted by Crippen LogP contribution is -2.38. The maximum atomic E-state index is 12.5. The van der Waals surface area contributed by atoms with Crippen molar-refractivity contribution in [3.05, 3.63) is 53.7 Å². The molecule has 1 amide bonds. The van der Waals surface area contributed by atoms with Gasteiger partial charge in [-0.3, -0.25) is 9.48 Å². The van der Waals surface area contributed by atoms with Crippen molar-refractivity contribution in [2.75, 3.05) is 6.54 Å². The minimum Gasteiger partial charge on any atom is -0.475 e. The first-order valence-electron chi connectivity index (χ1n) is 8.68. The second-order valence-corrected chi connectivity index (χ2v) is 6.37. The van der Waals surface area contributed by atoms with E-state index in [2.05, 4.69) is 19.8 Å². The number of fused-ring (bicyclic) bond motifs is 1. The van der Waals surface area contributed by atoms with Crippen LogP contribution < -0.4 is 0 Å². The molecule has 0 saturated heterocycles. The van der Waals surface area contributed by atoms with Gasteiger partial charge in [-0.1, -0.05) is 5.16 Å². The minimum absolute atomic E-state index is 0.0633. The van der Waals surface area contributed by atoms with Gasteiger partial charge in [-0.2, -0.15) is 18.3 Å². The van der Waals surface area contributed by atoms with Crippen LogP contribution in [0.3, 0.4) is 0 Å². The largest absolute Gasteiger partial charge is 0.490 e. The van der Waals surface area contributed by atoms with Crippen molar-refractivity contribution in [1.29, 1.82) is 0 Å². The van der Waals surface area contributed by atoms with Gasteiger partial charge in [0.2, 0.25) is 0 Å². The van der Waals surface area contributed by atoms with Gasteiger partial charge in [0, 0.05) is 31.7 Å². The Bertz CT molecular complexity index is 1020. The lowest BCUT2D eigenvalue weighted by atomic mass is 10.2. The summed E-state index contributed by atoms with van der Waals surface area (Å²) < 4.78 is 40.6. The summed E-state index contributed by atoms with van der Waals surface area (Å²) in [5.74, 6) is -1.39. The number of imidazole rings is 1. The number of nitrogens with zero attached hydrogens (tertiary/aromatic N) is 6. The lowest BCUT2D eigenvalue weighted by molar-refractivity contribution is -0.192. The number of carboxylic acid groups (broad SMARTS) is 1. The number of alkyl halides is 3. The fraction of sp³-hybridized carbons (Fsp3) is 0.353. The van der Waals surface area contributed by atoms with Gasteiger partial charge in [-0.05, 0) is 13.0 Å². The number of halogens is 3. The predicted molar refractivity (Wildman–Crippen MR) is 93.2 cm³/mol. The fourth-order valence-electron chi connectivity index (χ4n) is 2.80. The van der Waals surface area contributed by atoms with Crippen molar-refractivity contribution in [1.82, 2.24) is 29.4 Å². The Morgan fingerprint density at radius 3 is 2.60 bits per heavy atom. The van der Waals surface area contributed by atoms with Crippen LogP contribution in [0.4, 0.5) is 13.2 Å². The van der Waals surface area contributed by atoms with Crippen LogP contribution >= 0.6 is 0 Å². The van der Waals surface area contributed by atoms with E-state index in [4.69, 9.17) is 14.4 Å². The quantitative estimate of drug-likeness (QED) is 0.677. The predicted octanol–water partition coefficient (Wildman–Crippen LogP) is 1.71. The molecular formula is C17H17F3N6O4. The number of aromatic nitrogens is 5. The molecule has 0 saturated carbocycles. The summed E-state index contributed by atoms with van der Waals surface area (Å²) in [6.07, 6.45) is 2.08. The minimum atomic E-state index is -5.08. The van der Waals surface area contributed by atoms with E-state index in [1.165, 1.54) is 6.20 Å². The zero-order valence-electron chi connectivity index (χ0n) is 15.7. The Kier molecular flexibility index (Phi) is 5.89. The Morgan fingerprint density at radius 2 is 2.03 bits per heavy atom. The maximum Gasteiger partial charge on any atom is 0.490 e. The van der Waals surface area contributed by atoms with E-state index in [0.717, 1.165) is 18.1 Å². The average molecular weight is 426 g/mol. The highest BCUT2D eigenvalue weighted by Gasteiger charge is 2.38. The van der Waals surface area contributed by atoms with E-state index in [9.17, 15) is 18.0 Å². The molecule has 3 aromatic heterocycles. The zero-order chi connectivity index (χ0) is 21.9. The molecule has 0 aromatic carbocycles. The number of aryl methyl sites for hydroxylation is 1. The van der Waals surface area contributed by atoms with Gasteiger partial charge >= 0.3 is 12.1 Å². The van der Waals surface area contributed by atoms with E-state index in [0.29, 0.717) is 31.0 Å². The van der Waals surface area contributed by atoms with Crippen molar-refractivity contribution in [2.45, 2.75) is 32.7 Å². The molecule has 4 heterocycles. The summed E-state index contributed by atoms with van der Waals surface area (Å²) in [6, 6.07) is 1.89. The molecule has 30 heavy (non-hydrogen) atoms. The van der Waals surface area contributed by atoms with E-state index in [1.54, 1.807) is 18.0 Å². The first kappa shape index (κ1) is 21.1. The van der Waals surface area contributed by atoms with Crippen molar-refractivity contribution >= 4 is 11.9 Å². The third kappa shape index (κ3) is 4.85. The third-order valence-electron chi connectivity index (χ3n) is 4.25. The lowest BCUT2D eigenvalue weighted by Gasteiger charge is -2.27. The molecule has 0 spiro atoms. The van der Waals surface area contributed by atoms with Gasteiger partial charge in [-0.25, -0.2) is 9.78 Å². The molecule has 0 atom stereocenters. The number of carbonyl (C=O) groups is 2. The standard InChI is InChI=1S/C15H16N6O2.C2HF3O2/c1-11-13(7-17-23-11)15(22)20-6-5-19-8-12(18-14(19)10-20)9-21-4-2-3-16-21;3-2(4,5)1(6)7/h2-4,7-8H,5-6,9-10H2,1H3;(H,6,7). The molecule has 1 aliphatic rings. The second kappa shape index (κ2) is 8.39. The summed E-state index contributed by atoms with van der Waals surface area (Å²) in [6.45, 7) is 4.24. The monoisotopic (exact) mass is 426 g/mol. The van der Waals surface area contributed by atoms with E-state index < -0.39 is 12.1 Å². The molecule has 13 heteroatoms. The molecule has 0 bridgehead atoms. The molecule has 1 aliphatic heterocycles. The smallest absolute Gasteiger partial charge is 0.475 e. The zero-order valence-corrected chi connectivity index (χ0v) is 15.7. The summed E-state index contributed by atoms with van der Waals surface area (Å²) in [7, 11) is 0. The van der Waals surface area contributed by atoms with Gasteiger partial charge in [-0.15, -0.1) is 0 Å². The van der Waals surface area contributed by atoms with Crippen LogP contribution in [0.15, 0.2) is 35.4 Å². The number of aliphatic carboxylic acids is 1. The van der Waals surface area contributed by atoms with E-state index in [-0.39, 0.29) is 5.91 Å². The summed E-state index contributed by atoms with van der Waals surface area (Å²) in [5.41, 5.74) is 1.46. The molecule has 0 fully saturated rings. The Morgan fingerprint density at radius 1 is 1.30 bits per heavy atom. The number of hydrogen-bond donors (Lipinski definition) is 1. The van der Waals surface area contributed by atoms with Crippen molar-refractivity contribution in [2.24, 2.45) is 0 Å². The molecule has 160 valence electrons. The topological polar surface area (TPSA) is 119 Å². The fourth-order valence-corrected chi connectivity index (χ4v) is 2.80. The van der Waals surface area contributed by atoms with Gasteiger partial charge < -0.3 is 19.1 Å². The van der Waals surface area contributed by atoms with Crippen LogP contribution in [-0.4, -0.2) is 59.1 Å². The summed E-state index contributed by atoms with van der Waals surface area (Å²) >= 11 is 0. The molecular weight excluding hydrogens is 409 g/mol. The van der Waals surface area contributed by atoms with Gasteiger partial charge in [0.1, 0.15) is 17.1 Å². The molecule has 1 N–H and O–H groups in total. The first-order valence-corrected chi connectivity index (χ1v) is 8.68. The maximum absolute atomic E-state index is 12.5. The Labute approximate surface area is 167 Å². The third-order valence-corrected chi connectivity index (χ3v) is 4.25. The number of rotatable bonds is 3. The van der Waals surface area contributed by atoms with Gasteiger partial charge in [0.25, 0.3) is 5.91 Å². The SMILES string of the molecule is Cc1oncc1C(=O)N1CCn2cc(Cn3cccn3)nc2C1.O=C(O)C(F)(F)F. The molecule has 3 aromatic rings. The van der Waals surface area contributed by atoms with Crippen LogP contribution in [0.25, 0.3) is 0 Å². The second-order valence-electron chi connectivity index (χ2n) is 6.37. The molecule has 0 radical (unpaired) electrons. The first-order chi connectivity index (χ1) is 14.1. The molecule has 10 nitrogen and oxygen atoms in total. The van der Waals surface area contributed by atoms with Crippen LogP contribution in [0.1, 0.15) is 27.6 Å². The van der Waals surface area contributed by atoms with Crippen LogP contribution in [0.5, 0.6) is 0 Å². The van der Waals surface area contributed by atoms with Crippen LogP contribution in [0, 0.1) is 6.92 Å².